The smallest absolute Gasteiger partial charge is 0.417 e. The highest BCUT2D eigenvalue weighted by atomic mass is 32.1. The zero-order valence-electron chi connectivity index (χ0n) is 17.6. The molecule has 0 aliphatic carbocycles. The monoisotopic (exact) mass is 508 g/mol. The van der Waals surface area contributed by atoms with E-state index in [0.717, 1.165) is 17.4 Å². The van der Waals surface area contributed by atoms with Gasteiger partial charge in [0.1, 0.15) is 10.8 Å². The average Bonchev–Trinajstić information content (AvgIpc) is 3.47. The fourth-order valence-electron chi connectivity index (χ4n) is 3.62. The lowest BCUT2D eigenvalue weighted by Gasteiger charge is -2.07. The summed E-state index contributed by atoms with van der Waals surface area (Å²) >= 11 is 6.47. The summed E-state index contributed by atoms with van der Waals surface area (Å²) in [5.74, 6) is -0.912. The van der Waals surface area contributed by atoms with Gasteiger partial charge in [-0.2, -0.15) is 13.2 Å². The summed E-state index contributed by atoms with van der Waals surface area (Å²) in [4.78, 5) is 15.0. The van der Waals surface area contributed by atoms with E-state index >= 15 is 0 Å². The number of aliphatic carboxylic acids is 1. The number of nitrogens with zero attached hydrogens (tertiary/aromatic N) is 2. The van der Waals surface area contributed by atoms with Crippen LogP contribution in [0.5, 0.6) is 5.88 Å². The number of unbranched alkanes of at least 4 members (excludes halogenated alkanes) is 2. The minimum absolute atomic E-state index is 0.0441. The number of aromatic nitrogens is 1. The topological polar surface area (TPSA) is 88.0 Å². The number of alkyl halides is 3. The highest BCUT2D eigenvalue weighted by Crippen LogP contribution is 2.30. The van der Waals surface area contributed by atoms with Crippen LogP contribution in [0.4, 0.5) is 13.2 Å². The molecule has 1 aromatic carbocycles. The summed E-state index contributed by atoms with van der Waals surface area (Å²) in [5.41, 5.74) is 0.0415. The number of fused-ring (bicyclic) bond motifs is 1. The van der Waals surface area contributed by atoms with Crippen LogP contribution in [0.25, 0.3) is 12.2 Å². The van der Waals surface area contributed by atoms with Crippen LogP contribution < -0.4 is 10.8 Å². The van der Waals surface area contributed by atoms with Crippen LogP contribution in [0.1, 0.15) is 41.7 Å². The second-order valence-electron chi connectivity index (χ2n) is 7.66. The molecule has 3 heterocycles. The molecule has 0 unspecified atom stereocenters. The molecule has 2 aromatic heterocycles. The van der Waals surface area contributed by atoms with Crippen LogP contribution in [0.15, 0.2) is 39.9 Å². The molecule has 0 atom stereocenters. The molecule has 2 N–H and O–H groups in total. The molecule has 4 rings (SSSR count). The highest BCUT2D eigenvalue weighted by Gasteiger charge is 2.32. The number of carbonyl (C=O) groups is 1. The molecule has 0 spiro atoms. The van der Waals surface area contributed by atoms with Crippen LogP contribution in [0.2, 0.25) is 0 Å². The first-order valence-corrected chi connectivity index (χ1v) is 11.6. The molecule has 11 heteroatoms. The molecular formula is C23H19F3N2O4S2. The van der Waals surface area contributed by atoms with E-state index in [0.29, 0.717) is 40.2 Å². The Balaban J connectivity index is 1.69. The van der Waals surface area contributed by atoms with Crippen molar-refractivity contribution in [2.75, 3.05) is 0 Å². The number of furan rings is 1. The molecule has 1 aliphatic rings. The number of thiazole rings is 1. The maximum atomic E-state index is 13.7. The minimum atomic E-state index is -4.58. The lowest BCUT2D eigenvalue weighted by Crippen LogP contribution is -2.13. The molecule has 1 aliphatic heterocycles. The summed E-state index contributed by atoms with van der Waals surface area (Å²) in [6, 6.07) is 5.39. The number of rotatable bonds is 7. The van der Waals surface area contributed by atoms with Gasteiger partial charge in [0.25, 0.3) is 0 Å². The van der Waals surface area contributed by atoms with Crippen molar-refractivity contribution in [3.05, 3.63) is 71.8 Å². The van der Waals surface area contributed by atoms with Crippen molar-refractivity contribution in [2.24, 2.45) is 4.99 Å². The number of halogens is 3. The van der Waals surface area contributed by atoms with Crippen LogP contribution >= 0.6 is 23.6 Å². The van der Waals surface area contributed by atoms with Crippen LogP contribution in [-0.4, -0.2) is 20.7 Å². The van der Waals surface area contributed by atoms with Crippen molar-refractivity contribution in [3.63, 3.8) is 0 Å². The summed E-state index contributed by atoms with van der Waals surface area (Å²) < 4.78 is 48.7. The van der Waals surface area contributed by atoms with Gasteiger partial charge in [-0.15, -0.1) is 11.3 Å². The van der Waals surface area contributed by atoms with Crippen LogP contribution in [0, 0.1) is 14.6 Å². The Morgan fingerprint density at radius 2 is 2.03 bits per heavy atom. The van der Waals surface area contributed by atoms with Gasteiger partial charge in [0.05, 0.1) is 15.8 Å². The van der Waals surface area contributed by atoms with Crippen molar-refractivity contribution in [1.82, 2.24) is 4.57 Å². The van der Waals surface area contributed by atoms with Gasteiger partial charge in [-0.1, -0.05) is 6.42 Å². The Hall–Kier alpha value is -3.18. The molecule has 0 saturated carbocycles. The summed E-state index contributed by atoms with van der Waals surface area (Å²) in [5, 5.41) is 19.4. The third kappa shape index (κ3) is 5.15. The van der Waals surface area contributed by atoms with Crippen molar-refractivity contribution >= 4 is 41.7 Å². The maximum absolute atomic E-state index is 13.7. The largest absolute Gasteiger partial charge is 0.493 e. The number of benzene rings is 1. The highest BCUT2D eigenvalue weighted by molar-refractivity contribution is 7.73. The van der Waals surface area contributed by atoms with Crippen molar-refractivity contribution < 1.29 is 32.6 Å². The van der Waals surface area contributed by atoms with E-state index < -0.39 is 17.7 Å². The number of aromatic hydroxyl groups is 1. The number of hydrogen-bond acceptors (Lipinski definition) is 6. The average molecular weight is 509 g/mol. The van der Waals surface area contributed by atoms with Gasteiger partial charge in [0.2, 0.25) is 5.88 Å². The van der Waals surface area contributed by atoms with Crippen molar-refractivity contribution in [1.29, 1.82) is 0 Å². The lowest BCUT2D eigenvalue weighted by molar-refractivity contribution is -0.138. The number of carboxylic acids is 1. The first kappa shape index (κ1) is 24.0. The van der Waals surface area contributed by atoms with Gasteiger partial charge in [0.15, 0.2) is 3.95 Å². The van der Waals surface area contributed by atoms with Crippen LogP contribution in [-0.2, 0) is 17.5 Å². The summed E-state index contributed by atoms with van der Waals surface area (Å²) in [6.45, 7) is 0.431. The van der Waals surface area contributed by atoms with Gasteiger partial charge < -0.3 is 14.6 Å². The van der Waals surface area contributed by atoms with Crippen molar-refractivity contribution in [2.45, 2.75) is 38.4 Å². The summed E-state index contributed by atoms with van der Waals surface area (Å²) in [7, 11) is 0. The zero-order chi connectivity index (χ0) is 24.5. The molecule has 0 radical (unpaired) electrons. The molecule has 0 saturated heterocycles. The van der Waals surface area contributed by atoms with E-state index in [-0.39, 0.29) is 33.7 Å². The fraction of sp³-hybridized carbons (Fsp3) is 0.261. The quantitative estimate of drug-likeness (QED) is 0.348. The minimum Gasteiger partial charge on any atom is -0.493 e. The second-order valence-corrected chi connectivity index (χ2v) is 9.33. The Labute approximate surface area is 199 Å². The molecular weight excluding hydrogens is 489 g/mol. The van der Waals surface area contributed by atoms with E-state index in [1.807, 2.05) is 0 Å². The van der Waals surface area contributed by atoms with Crippen molar-refractivity contribution in [3.8, 4) is 5.88 Å². The fourth-order valence-corrected chi connectivity index (χ4v) is 4.92. The molecule has 0 bridgehead atoms. The third-order valence-electron chi connectivity index (χ3n) is 5.27. The SMILES string of the molecule is O=C(O)CCCCCn1c(O)c(/C=c2\cc/c(=c3\cc4c(cc3C(F)(F)F)=NC=C4)o2)sc1=S. The zero-order valence-corrected chi connectivity index (χ0v) is 19.3. The first-order chi connectivity index (χ1) is 16.1. The Morgan fingerprint density at radius 1 is 1.24 bits per heavy atom. The van der Waals surface area contributed by atoms with Gasteiger partial charge in [-0.05, 0) is 55.4 Å². The molecule has 6 nitrogen and oxygen atoms in total. The van der Waals surface area contributed by atoms with Gasteiger partial charge in [-0.3, -0.25) is 14.4 Å². The Kier molecular flexibility index (Phi) is 6.76. The second kappa shape index (κ2) is 9.59. The van der Waals surface area contributed by atoms with E-state index in [4.69, 9.17) is 21.7 Å². The molecule has 0 amide bonds. The van der Waals surface area contributed by atoms with E-state index in [1.165, 1.54) is 30.5 Å². The maximum Gasteiger partial charge on any atom is 0.417 e. The van der Waals surface area contributed by atoms with Gasteiger partial charge >= 0.3 is 12.1 Å². The number of hydrogen-bond donors (Lipinski definition) is 2. The Bertz CT molecular complexity index is 1550. The molecule has 34 heavy (non-hydrogen) atoms. The van der Waals surface area contributed by atoms with E-state index in [9.17, 15) is 23.1 Å². The Morgan fingerprint density at radius 3 is 2.76 bits per heavy atom. The first-order valence-electron chi connectivity index (χ1n) is 10.4. The molecule has 0 fully saturated rings. The van der Waals surface area contributed by atoms with Gasteiger partial charge in [-0.25, -0.2) is 0 Å². The summed E-state index contributed by atoms with van der Waals surface area (Å²) in [6.07, 6.45) is 1.96. The lowest BCUT2D eigenvalue weighted by atomic mass is 10.1. The molecule has 178 valence electrons. The predicted molar refractivity (Wildman–Crippen MR) is 122 cm³/mol. The van der Waals surface area contributed by atoms with E-state index in [2.05, 4.69) is 4.99 Å². The standard InChI is InChI=1S/C23H19F3N2O4S2/c24-23(25,26)16-12-17-13(7-8-27-17)10-15(16)18-6-5-14(32-18)11-19-21(31)28(22(33)34-19)9-3-1-2-4-20(29)30/h5-8,10-12,31H,1-4,9H2,(H,29,30)/b14-11+,18-15-. The molecule has 3 aromatic rings. The van der Waals surface area contributed by atoms with E-state index in [1.54, 1.807) is 10.6 Å². The third-order valence-corrected chi connectivity index (χ3v) is 6.66. The van der Waals surface area contributed by atoms with Gasteiger partial charge in [0, 0.05) is 36.0 Å². The normalized spacial score (nSPS) is 14.4. The number of carboxylic acid groups (broad SMARTS) is 1. The predicted octanol–water partition coefficient (Wildman–Crippen LogP) is 4.96. The van der Waals surface area contributed by atoms with Crippen LogP contribution in [0.3, 0.4) is 0 Å².